The maximum atomic E-state index is 13.8. The van der Waals surface area contributed by atoms with Crippen molar-refractivity contribution >= 4 is 27.3 Å². The van der Waals surface area contributed by atoms with Crippen molar-refractivity contribution in [1.82, 2.24) is 0 Å². The van der Waals surface area contributed by atoms with Gasteiger partial charge in [0.15, 0.2) is 0 Å². The number of aryl methyl sites for hydroxylation is 4. The van der Waals surface area contributed by atoms with Gasteiger partial charge in [-0.2, -0.15) is 0 Å². The molecule has 0 aliphatic heterocycles. The summed E-state index contributed by atoms with van der Waals surface area (Å²) < 4.78 is 34.2. The third-order valence-corrected chi connectivity index (χ3v) is 7.42. The van der Waals surface area contributed by atoms with Crippen molar-refractivity contribution in [1.29, 1.82) is 0 Å². The molecule has 7 heteroatoms. The molecule has 0 spiro atoms. The zero-order valence-electron chi connectivity index (χ0n) is 19.7. The van der Waals surface area contributed by atoms with E-state index in [0.29, 0.717) is 11.4 Å². The van der Waals surface area contributed by atoms with Gasteiger partial charge in [0.05, 0.1) is 12.8 Å². The molecule has 3 aromatic carbocycles. The summed E-state index contributed by atoms with van der Waals surface area (Å²) in [4.78, 5) is 13.1. The summed E-state index contributed by atoms with van der Waals surface area (Å²) in [5, 5.41) is 2.87. The third-order valence-electron chi connectivity index (χ3n) is 5.63. The quantitative estimate of drug-likeness (QED) is 0.506. The van der Waals surface area contributed by atoms with Crippen LogP contribution in [-0.4, -0.2) is 28.0 Å². The maximum absolute atomic E-state index is 13.8. The van der Waals surface area contributed by atoms with Gasteiger partial charge in [0.2, 0.25) is 5.91 Å². The predicted molar refractivity (Wildman–Crippen MR) is 133 cm³/mol. The van der Waals surface area contributed by atoms with E-state index in [-0.39, 0.29) is 17.2 Å². The number of nitrogens with one attached hydrogen (secondary N) is 1. The van der Waals surface area contributed by atoms with E-state index in [9.17, 15) is 13.2 Å². The Bertz CT molecular complexity index is 1270. The Morgan fingerprint density at radius 1 is 0.970 bits per heavy atom. The molecule has 0 aliphatic carbocycles. The van der Waals surface area contributed by atoms with E-state index in [0.717, 1.165) is 33.0 Å². The highest BCUT2D eigenvalue weighted by Gasteiger charge is 2.30. The van der Waals surface area contributed by atoms with E-state index in [2.05, 4.69) is 5.32 Å². The largest absolute Gasteiger partial charge is 0.495 e. The molecule has 0 atom stereocenters. The summed E-state index contributed by atoms with van der Waals surface area (Å²) in [6.45, 7) is 7.30. The first-order valence-corrected chi connectivity index (χ1v) is 12.2. The van der Waals surface area contributed by atoms with Gasteiger partial charge in [-0.05, 0) is 79.8 Å². The monoisotopic (exact) mass is 466 g/mol. The van der Waals surface area contributed by atoms with Crippen molar-refractivity contribution in [3.63, 3.8) is 0 Å². The molecule has 3 rings (SSSR count). The highest BCUT2D eigenvalue weighted by atomic mass is 32.2. The van der Waals surface area contributed by atoms with Crippen LogP contribution in [0.1, 0.15) is 29.2 Å². The van der Waals surface area contributed by atoms with Gasteiger partial charge in [0.1, 0.15) is 17.2 Å². The fraction of sp³-hybridized carbons (Fsp3) is 0.269. The average molecular weight is 467 g/mol. The normalized spacial score (nSPS) is 11.2. The second-order valence-corrected chi connectivity index (χ2v) is 9.82. The summed E-state index contributed by atoms with van der Waals surface area (Å²) in [7, 11) is -2.68. The Morgan fingerprint density at radius 3 is 2.36 bits per heavy atom. The number of benzene rings is 3. The molecule has 174 valence electrons. The Balaban J connectivity index is 2.06. The molecule has 0 saturated carbocycles. The standard InChI is InChI=1S/C26H30N2O4S/c1-6-21-9-7-8-10-23(21)27-26(29)17-28(22-13-12-19(3)20(4)16-22)33(30,31)25-15-18(2)11-14-24(25)32-5/h7-16H,6,17H2,1-5H3,(H,27,29). The van der Waals surface area contributed by atoms with Gasteiger partial charge < -0.3 is 10.1 Å². The smallest absolute Gasteiger partial charge is 0.268 e. The van der Waals surface area contributed by atoms with E-state index in [4.69, 9.17) is 4.74 Å². The number of sulfonamides is 1. The molecule has 0 aliphatic rings. The number of hydrogen-bond donors (Lipinski definition) is 1. The summed E-state index contributed by atoms with van der Waals surface area (Å²) in [6, 6.07) is 17.8. The summed E-state index contributed by atoms with van der Waals surface area (Å²) in [5.41, 5.74) is 4.81. The molecule has 0 heterocycles. The topological polar surface area (TPSA) is 75.7 Å². The van der Waals surface area contributed by atoms with Crippen LogP contribution in [0.2, 0.25) is 0 Å². The number of hydrogen-bond acceptors (Lipinski definition) is 4. The fourth-order valence-corrected chi connectivity index (χ4v) is 5.23. The molecule has 6 nitrogen and oxygen atoms in total. The number of carbonyl (C=O) groups is 1. The number of ether oxygens (including phenoxy) is 1. The zero-order chi connectivity index (χ0) is 24.2. The maximum Gasteiger partial charge on any atom is 0.268 e. The molecule has 0 unspecified atom stereocenters. The number of carbonyl (C=O) groups excluding carboxylic acids is 1. The van der Waals surface area contributed by atoms with Gasteiger partial charge in [0.25, 0.3) is 10.0 Å². The van der Waals surface area contributed by atoms with Crippen LogP contribution in [0.25, 0.3) is 0 Å². The molecule has 1 amide bonds. The predicted octanol–water partition coefficient (Wildman–Crippen LogP) is 5.02. The van der Waals surface area contributed by atoms with Crippen molar-refractivity contribution in [2.45, 2.75) is 39.0 Å². The minimum Gasteiger partial charge on any atom is -0.495 e. The minimum absolute atomic E-state index is 0.0185. The van der Waals surface area contributed by atoms with Crippen LogP contribution < -0.4 is 14.4 Å². The van der Waals surface area contributed by atoms with Gasteiger partial charge >= 0.3 is 0 Å². The molecule has 33 heavy (non-hydrogen) atoms. The van der Waals surface area contributed by atoms with Crippen LogP contribution in [0.5, 0.6) is 5.75 Å². The van der Waals surface area contributed by atoms with Gasteiger partial charge in [-0.1, -0.05) is 37.3 Å². The Morgan fingerprint density at radius 2 is 1.70 bits per heavy atom. The van der Waals surface area contributed by atoms with Crippen molar-refractivity contribution in [3.8, 4) is 5.75 Å². The number of methoxy groups -OCH3 is 1. The molecule has 3 aromatic rings. The van der Waals surface area contributed by atoms with Crippen molar-refractivity contribution in [2.24, 2.45) is 0 Å². The third kappa shape index (κ3) is 5.37. The fourth-order valence-electron chi connectivity index (χ4n) is 3.57. The van der Waals surface area contributed by atoms with E-state index in [1.807, 2.05) is 58.0 Å². The molecular weight excluding hydrogens is 436 g/mol. The molecule has 0 radical (unpaired) electrons. The van der Waals surface area contributed by atoms with E-state index in [1.54, 1.807) is 30.3 Å². The molecule has 1 N–H and O–H groups in total. The lowest BCUT2D eigenvalue weighted by Gasteiger charge is -2.26. The Hall–Kier alpha value is -3.32. The van der Waals surface area contributed by atoms with E-state index < -0.39 is 15.9 Å². The van der Waals surface area contributed by atoms with E-state index in [1.165, 1.54) is 7.11 Å². The lowest BCUT2D eigenvalue weighted by molar-refractivity contribution is -0.114. The first-order valence-electron chi connectivity index (χ1n) is 10.8. The first-order chi connectivity index (χ1) is 15.7. The van der Waals surface area contributed by atoms with Crippen molar-refractivity contribution < 1.29 is 17.9 Å². The molecular formula is C26H30N2O4S. The summed E-state index contributed by atoms with van der Waals surface area (Å²) >= 11 is 0. The van der Waals surface area contributed by atoms with Gasteiger partial charge in [0, 0.05) is 5.69 Å². The zero-order valence-corrected chi connectivity index (χ0v) is 20.5. The molecule has 0 saturated heterocycles. The van der Waals surface area contributed by atoms with Gasteiger partial charge in [-0.3, -0.25) is 9.10 Å². The first kappa shape index (κ1) is 24.3. The van der Waals surface area contributed by atoms with Crippen LogP contribution in [0.3, 0.4) is 0 Å². The summed E-state index contributed by atoms with van der Waals surface area (Å²) in [5.74, 6) is -0.199. The highest BCUT2D eigenvalue weighted by molar-refractivity contribution is 7.93. The molecule has 0 fully saturated rings. The minimum atomic E-state index is -4.10. The number of rotatable bonds is 8. The number of para-hydroxylation sites is 1. The van der Waals surface area contributed by atoms with Crippen LogP contribution in [-0.2, 0) is 21.2 Å². The SMILES string of the molecule is CCc1ccccc1NC(=O)CN(c1ccc(C)c(C)c1)S(=O)(=O)c1cc(C)ccc1OC. The van der Waals surface area contributed by atoms with E-state index >= 15 is 0 Å². The van der Waals surface area contributed by atoms with Crippen LogP contribution >= 0.6 is 0 Å². The van der Waals surface area contributed by atoms with Gasteiger partial charge in [-0.15, -0.1) is 0 Å². The van der Waals surface area contributed by atoms with Crippen LogP contribution in [0, 0.1) is 20.8 Å². The highest BCUT2D eigenvalue weighted by Crippen LogP contribution is 2.31. The average Bonchev–Trinajstić information content (AvgIpc) is 2.79. The lowest BCUT2D eigenvalue weighted by Crippen LogP contribution is -2.38. The van der Waals surface area contributed by atoms with Crippen LogP contribution in [0.15, 0.2) is 65.6 Å². The number of anilines is 2. The second-order valence-electron chi connectivity index (χ2n) is 7.99. The van der Waals surface area contributed by atoms with Crippen molar-refractivity contribution in [2.75, 3.05) is 23.3 Å². The lowest BCUT2D eigenvalue weighted by atomic mass is 10.1. The second kappa shape index (κ2) is 10.1. The molecule has 0 aromatic heterocycles. The Labute approximate surface area is 196 Å². The number of nitrogens with zero attached hydrogens (tertiary/aromatic N) is 1. The molecule has 0 bridgehead atoms. The van der Waals surface area contributed by atoms with Gasteiger partial charge in [-0.25, -0.2) is 8.42 Å². The number of amides is 1. The van der Waals surface area contributed by atoms with Crippen LogP contribution in [0.4, 0.5) is 11.4 Å². The summed E-state index contributed by atoms with van der Waals surface area (Å²) in [6.07, 6.45) is 0.746. The van der Waals surface area contributed by atoms with Crippen molar-refractivity contribution in [3.05, 3.63) is 82.9 Å². The Kier molecular flexibility index (Phi) is 7.43.